The monoisotopic (exact) mass is 175 g/mol. The molecule has 0 saturated heterocycles. The third kappa shape index (κ3) is 1.75. The van der Waals surface area contributed by atoms with Crippen molar-refractivity contribution in [3.63, 3.8) is 0 Å². The second kappa shape index (κ2) is 3.40. The van der Waals surface area contributed by atoms with Gasteiger partial charge < -0.3 is 4.74 Å². The minimum Gasteiger partial charge on any atom is -0.473 e. The Morgan fingerprint density at radius 1 is 1.54 bits per heavy atom. The smallest absolute Gasteiger partial charge is 0.234 e. The molecule has 1 aliphatic rings. The number of rotatable bonds is 2. The van der Waals surface area contributed by atoms with E-state index in [2.05, 4.69) is 10.2 Å². The predicted molar refractivity (Wildman–Crippen MR) is 45.0 cm³/mol. The maximum atomic E-state index is 8.59. The molecule has 66 valence electrons. The normalized spacial score (nSPS) is 15.9. The van der Waals surface area contributed by atoms with Gasteiger partial charge in [0.1, 0.15) is 12.2 Å². The highest BCUT2D eigenvalue weighted by molar-refractivity contribution is 5.28. The van der Waals surface area contributed by atoms with Crippen LogP contribution in [-0.2, 0) is 0 Å². The molecule has 4 heteroatoms. The van der Waals surface area contributed by atoms with Crippen LogP contribution >= 0.6 is 0 Å². The zero-order valence-electron chi connectivity index (χ0n) is 7.10. The van der Waals surface area contributed by atoms with Gasteiger partial charge in [-0.1, -0.05) is 0 Å². The molecule has 1 heterocycles. The lowest BCUT2D eigenvalue weighted by Crippen LogP contribution is -2.25. The molecule has 1 aromatic rings. The number of aromatic nitrogens is 2. The first-order chi connectivity index (χ1) is 6.38. The van der Waals surface area contributed by atoms with Crippen molar-refractivity contribution < 1.29 is 4.74 Å². The van der Waals surface area contributed by atoms with Crippen LogP contribution in [0.1, 0.15) is 24.8 Å². The highest BCUT2D eigenvalue weighted by Crippen LogP contribution is 2.23. The molecule has 0 atom stereocenters. The Hall–Kier alpha value is -1.63. The van der Waals surface area contributed by atoms with E-state index in [0.717, 1.165) is 12.8 Å². The van der Waals surface area contributed by atoms with Gasteiger partial charge in [0.2, 0.25) is 5.88 Å². The third-order valence-corrected chi connectivity index (χ3v) is 2.10. The average molecular weight is 175 g/mol. The maximum absolute atomic E-state index is 8.59. The van der Waals surface area contributed by atoms with Crippen molar-refractivity contribution in [2.45, 2.75) is 25.4 Å². The van der Waals surface area contributed by atoms with Crippen molar-refractivity contribution >= 4 is 0 Å². The molecule has 2 rings (SSSR count). The van der Waals surface area contributed by atoms with Gasteiger partial charge in [-0.2, -0.15) is 10.4 Å². The molecule has 1 aromatic heterocycles. The predicted octanol–water partition coefficient (Wildman–Crippen LogP) is 1.28. The fraction of sp³-hybridized carbons (Fsp3) is 0.444. The Bertz CT molecular complexity index is 341. The third-order valence-electron chi connectivity index (χ3n) is 2.10. The van der Waals surface area contributed by atoms with Gasteiger partial charge in [0.05, 0.1) is 11.8 Å². The topological polar surface area (TPSA) is 58.8 Å². The lowest BCUT2D eigenvalue weighted by molar-refractivity contribution is 0.113. The summed E-state index contributed by atoms with van der Waals surface area (Å²) >= 11 is 0. The number of hydrogen-bond acceptors (Lipinski definition) is 4. The maximum Gasteiger partial charge on any atom is 0.234 e. The average Bonchev–Trinajstić information content (AvgIpc) is 2.12. The van der Waals surface area contributed by atoms with Crippen LogP contribution in [0, 0.1) is 11.3 Å². The lowest BCUT2D eigenvalue weighted by Gasteiger charge is -2.25. The summed E-state index contributed by atoms with van der Waals surface area (Å²) in [7, 11) is 0. The van der Waals surface area contributed by atoms with Crippen LogP contribution in [0.15, 0.2) is 12.3 Å². The summed E-state index contributed by atoms with van der Waals surface area (Å²) in [6.07, 6.45) is 5.09. The Morgan fingerprint density at radius 2 is 2.38 bits per heavy atom. The van der Waals surface area contributed by atoms with Crippen molar-refractivity contribution in [3.05, 3.63) is 17.8 Å². The highest BCUT2D eigenvalue weighted by atomic mass is 16.5. The lowest BCUT2D eigenvalue weighted by atomic mass is 9.96. The standard InChI is InChI=1S/C9H9N3O/c10-5-7-4-9(12-11-6-7)13-8-2-1-3-8/h4,6,8H,1-3H2. The molecule has 4 nitrogen and oxygen atoms in total. The van der Waals surface area contributed by atoms with Crippen molar-refractivity contribution in [1.29, 1.82) is 5.26 Å². The summed E-state index contributed by atoms with van der Waals surface area (Å²) in [6.45, 7) is 0. The molecule has 0 N–H and O–H groups in total. The van der Waals surface area contributed by atoms with E-state index in [1.54, 1.807) is 6.07 Å². The van der Waals surface area contributed by atoms with Gasteiger partial charge in [-0.15, -0.1) is 5.10 Å². The SMILES string of the molecule is N#Cc1cnnc(OC2CCC2)c1. The van der Waals surface area contributed by atoms with Crippen LogP contribution in [-0.4, -0.2) is 16.3 Å². The van der Waals surface area contributed by atoms with Gasteiger partial charge in [0.25, 0.3) is 0 Å². The molecule has 1 aliphatic carbocycles. The van der Waals surface area contributed by atoms with Crippen molar-refractivity contribution in [2.24, 2.45) is 0 Å². The fourth-order valence-corrected chi connectivity index (χ4v) is 1.13. The van der Waals surface area contributed by atoms with Gasteiger partial charge in [-0.3, -0.25) is 0 Å². The highest BCUT2D eigenvalue weighted by Gasteiger charge is 2.19. The first kappa shape index (κ1) is 7.99. The van der Waals surface area contributed by atoms with Crippen molar-refractivity contribution in [2.75, 3.05) is 0 Å². The van der Waals surface area contributed by atoms with Crippen LogP contribution in [0.5, 0.6) is 5.88 Å². The fourth-order valence-electron chi connectivity index (χ4n) is 1.13. The van der Waals surface area contributed by atoms with Crippen LogP contribution < -0.4 is 4.74 Å². The molecular formula is C9H9N3O. The molecular weight excluding hydrogens is 166 g/mol. The zero-order chi connectivity index (χ0) is 9.10. The van der Waals surface area contributed by atoms with Gasteiger partial charge >= 0.3 is 0 Å². The molecule has 1 fully saturated rings. The van der Waals surface area contributed by atoms with Gasteiger partial charge in [0, 0.05) is 6.07 Å². The van der Waals surface area contributed by atoms with Gasteiger partial charge in [-0.05, 0) is 19.3 Å². The molecule has 0 aliphatic heterocycles. The van der Waals surface area contributed by atoms with Crippen LogP contribution in [0.3, 0.4) is 0 Å². The van der Waals surface area contributed by atoms with Crippen LogP contribution in [0.25, 0.3) is 0 Å². The van der Waals surface area contributed by atoms with Gasteiger partial charge in [-0.25, -0.2) is 0 Å². The molecule has 13 heavy (non-hydrogen) atoms. The van der Waals surface area contributed by atoms with E-state index >= 15 is 0 Å². The van der Waals surface area contributed by atoms with E-state index in [0.29, 0.717) is 11.4 Å². The summed E-state index contributed by atoms with van der Waals surface area (Å²) < 4.78 is 5.47. The summed E-state index contributed by atoms with van der Waals surface area (Å²) in [4.78, 5) is 0. The summed E-state index contributed by atoms with van der Waals surface area (Å²) in [5.74, 6) is 0.462. The van der Waals surface area contributed by atoms with E-state index in [-0.39, 0.29) is 6.10 Å². The van der Waals surface area contributed by atoms with Crippen LogP contribution in [0.4, 0.5) is 0 Å². The van der Waals surface area contributed by atoms with E-state index in [1.807, 2.05) is 6.07 Å². The van der Waals surface area contributed by atoms with E-state index in [4.69, 9.17) is 10.00 Å². The first-order valence-electron chi connectivity index (χ1n) is 4.28. The minimum atomic E-state index is 0.281. The van der Waals surface area contributed by atoms with Crippen LogP contribution in [0.2, 0.25) is 0 Å². The molecule has 0 spiro atoms. The summed E-state index contributed by atoms with van der Waals surface area (Å²) in [5, 5.41) is 16.0. The molecule has 0 aromatic carbocycles. The summed E-state index contributed by atoms with van der Waals surface area (Å²) in [6, 6.07) is 3.61. The first-order valence-corrected chi connectivity index (χ1v) is 4.28. The van der Waals surface area contributed by atoms with E-state index in [1.165, 1.54) is 12.6 Å². The summed E-state index contributed by atoms with van der Waals surface area (Å²) in [5.41, 5.74) is 0.490. The Balaban J connectivity index is 2.07. The quantitative estimate of drug-likeness (QED) is 0.679. The Labute approximate surface area is 76.2 Å². The Morgan fingerprint density at radius 3 is 3.00 bits per heavy atom. The Kier molecular flexibility index (Phi) is 2.09. The number of ether oxygens (including phenoxy) is 1. The van der Waals surface area contributed by atoms with E-state index in [9.17, 15) is 0 Å². The number of hydrogen-bond donors (Lipinski definition) is 0. The molecule has 0 radical (unpaired) electrons. The van der Waals surface area contributed by atoms with Gasteiger partial charge in [0.15, 0.2) is 0 Å². The zero-order valence-corrected chi connectivity index (χ0v) is 7.10. The molecule has 0 bridgehead atoms. The molecule has 0 amide bonds. The minimum absolute atomic E-state index is 0.281. The number of nitriles is 1. The second-order valence-electron chi connectivity index (χ2n) is 3.07. The molecule has 0 unspecified atom stereocenters. The molecule has 1 saturated carbocycles. The second-order valence-corrected chi connectivity index (χ2v) is 3.07. The van der Waals surface area contributed by atoms with Crippen molar-refractivity contribution in [1.82, 2.24) is 10.2 Å². The van der Waals surface area contributed by atoms with Crippen molar-refractivity contribution in [3.8, 4) is 11.9 Å². The largest absolute Gasteiger partial charge is 0.473 e. The number of nitrogens with zero attached hydrogens (tertiary/aromatic N) is 3. The van der Waals surface area contributed by atoms with E-state index < -0.39 is 0 Å².